The molecular weight excluding hydrogens is 252 g/mol. The molecule has 106 valence electrons. The second-order valence-corrected chi connectivity index (χ2v) is 4.87. The zero-order valence-corrected chi connectivity index (χ0v) is 11.8. The molecular formula is C17H20O3. The minimum atomic E-state index is -0.322. The van der Waals surface area contributed by atoms with Crippen molar-refractivity contribution in [2.45, 2.75) is 32.6 Å². The quantitative estimate of drug-likeness (QED) is 0.630. The van der Waals surface area contributed by atoms with Crippen molar-refractivity contribution in [3.8, 4) is 5.75 Å². The van der Waals surface area contributed by atoms with E-state index in [1.165, 1.54) is 12.5 Å². The lowest BCUT2D eigenvalue weighted by atomic mass is 10.0. The number of carbonyl (C=O) groups is 1. The van der Waals surface area contributed by atoms with E-state index >= 15 is 0 Å². The van der Waals surface area contributed by atoms with Crippen molar-refractivity contribution in [1.82, 2.24) is 0 Å². The van der Waals surface area contributed by atoms with Crippen LogP contribution in [0.1, 0.15) is 43.0 Å². The summed E-state index contributed by atoms with van der Waals surface area (Å²) in [6.07, 6.45) is 4.31. The highest BCUT2D eigenvalue weighted by Gasteiger charge is 2.12. The van der Waals surface area contributed by atoms with Gasteiger partial charge in [-0.15, -0.1) is 0 Å². The van der Waals surface area contributed by atoms with Gasteiger partial charge in [0, 0.05) is 5.39 Å². The molecule has 0 saturated carbocycles. The summed E-state index contributed by atoms with van der Waals surface area (Å²) in [4.78, 5) is 12.1. The number of benzene rings is 2. The highest BCUT2D eigenvalue weighted by Crippen LogP contribution is 2.27. The zero-order valence-electron chi connectivity index (χ0n) is 11.8. The van der Waals surface area contributed by atoms with Crippen LogP contribution in [-0.4, -0.2) is 17.7 Å². The van der Waals surface area contributed by atoms with Gasteiger partial charge in [0.15, 0.2) is 0 Å². The number of hydrogen-bond acceptors (Lipinski definition) is 3. The first kappa shape index (κ1) is 14.4. The topological polar surface area (TPSA) is 46.5 Å². The number of unbranched alkanes of at least 4 members (excludes halogenated alkanes) is 3. The number of phenols is 1. The average molecular weight is 272 g/mol. The van der Waals surface area contributed by atoms with Crippen molar-refractivity contribution in [3.05, 3.63) is 42.0 Å². The molecule has 0 bridgehead atoms. The third kappa shape index (κ3) is 3.29. The summed E-state index contributed by atoms with van der Waals surface area (Å²) in [6.45, 7) is 2.60. The molecule has 0 aliphatic rings. The van der Waals surface area contributed by atoms with Crippen molar-refractivity contribution in [1.29, 1.82) is 0 Å². The number of aromatic hydroxyl groups is 1. The Bertz CT molecular complexity index is 590. The van der Waals surface area contributed by atoms with Crippen LogP contribution in [0.5, 0.6) is 5.75 Å². The Hall–Kier alpha value is -2.03. The number of fused-ring (bicyclic) bond motifs is 1. The first-order valence-corrected chi connectivity index (χ1v) is 7.12. The predicted molar refractivity (Wildman–Crippen MR) is 80.0 cm³/mol. The van der Waals surface area contributed by atoms with Crippen LogP contribution in [-0.2, 0) is 4.74 Å². The molecule has 0 radical (unpaired) electrons. The maximum absolute atomic E-state index is 12.1. The fourth-order valence-corrected chi connectivity index (χ4v) is 2.23. The maximum Gasteiger partial charge on any atom is 0.338 e. The number of rotatable bonds is 6. The van der Waals surface area contributed by atoms with Gasteiger partial charge in [-0.1, -0.05) is 50.5 Å². The molecule has 1 N–H and O–H groups in total. The summed E-state index contributed by atoms with van der Waals surface area (Å²) in [5.41, 5.74) is 0.508. The van der Waals surface area contributed by atoms with Crippen molar-refractivity contribution >= 4 is 16.7 Å². The molecule has 3 nitrogen and oxygen atoms in total. The number of carbonyl (C=O) groups excluding carboxylic acids is 1. The molecule has 0 spiro atoms. The van der Waals surface area contributed by atoms with Gasteiger partial charge in [-0.3, -0.25) is 0 Å². The van der Waals surface area contributed by atoms with Gasteiger partial charge in [0.2, 0.25) is 0 Å². The van der Waals surface area contributed by atoms with Crippen LogP contribution in [0.2, 0.25) is 0 Å². The Labute approximate surface area is 119 Å². The van der Waals surface area contributed by atoms with Gasteiger partial charge < -0.3 is 9.84 Å². The Morgan fingerprint density at radius 1 is 1.05 bits per heavy atom. The Morgan fingerprint density at radius 2 is 1.80 bits per heavy atom. The molecule has 2 rings (SSSR count). The van der Waals surface area contributed by atoms with Crippen LogP contribution >= 0.6 is 0 Å². The SMILES string of the molecule is CCCCCCOC(=O)c1ccc(O)c2ccccc12. The Balaban J connectivity index is 2.09. The normalized spacial score (nSPS) is 10.7. The van der Waals surface area contributed by atoms with E-state index in [0.717, 1.165) is 24.6 Å². The molecule has 0 aliphatic heterocycles. The smallest absolute Gasteiger partial charge is 0.338 e. The van der Waals surface area contributed by atoms with Gasteiger partial charge in [0.1, 0.15) is 5.75 Å². The van der Waals surface area contributed by atoms with Crippen molar-refractivity contribution in [2.75, 3.05) is 6.61 Å². The first-order valence-electron chi connectivity index (χ1n) is 7.12. The first-order chi connectivity index (χ1) is 9.74. The highest BCUT2D eigenvalue weighted by atomic mass is 16.5. The highest BCUT2D eigenvalue weighted by molar-refractivity contribution is 6.06. The van der Waals surface area contributed by atoms with Crippen molar-refractivity contribution < 1.29 is 14.6 Å². The third-order valence-electron chi connectivity index (χ3n) is 3.35. The van der Waals surface area contributed by atoms with E-state index < -0.39 is 0 Å². The molecule has 0 aliphatic carbocycles. The van der Waals surface area contributed by atoms with Crippen molar-refractivity contribution in [2.24, 2.45) is 0 Å². The summed E-state index contributed by atoms with van der Waals surface area (Å²) in [7, 11) is 0. The lowest BCUT2D eigenvalue weighted by Gasteiger charge is -2.08. The molecule has 0 atom stereocenters. The van der Waals surface area contributed by atoms with Gasteiger partial charge in [-0.25, -0.2) is 4.79 Å². The fraction of sp³-hybridized carbons (Fsp3) is 0.353. The Morgan fingerprint density at radius 3 is 2.55 bits per heavy atom. The van der Waals surface area contributed by atoms with Gasteiger partial charge in [-0.05, 0) is 23.9 Å². The van der Waals surface area contributed by atoms with E-state index in [4.69, 9.17) is 4.74 Å². The predicted octanol–water partition coefficient (Wildman–Crippen LogP) is 4.28. The molecule has 0 fully saturated rings. The van der Waals surface area contributed by atoms with E-state index in [-0.39, 0.29) is 11.7 Å². The molecule has 0 heterocycles. The summed E-state index contributed by atoms with van der Waals surface area (Å²) in [6, 6.07) is 10.5. The standard InChI is InChI=1S/C17H20O3/c1-2-3-4-7-12-20-17(19)15-10-11-16(18)14-9-6-5-8-13(14)15/h5-6,8-11,18H,2-4,7,12H2,1H3. The molecule has 0 unspecified atom stereocenters. The number of hydrogen-bond donors (Lipinski definition) is 1. The minimum absolute atomic E-state index is 0.181. The molecule has 0 amide bonds. The third-order valence-corrected chi connectivity index (χ3v) is 3.35. The lowest BCUT2D eigenvalue weighted by Crippen LogP contribution is -2.07. The van der Waals surface area contributed by atoms with E-state index in [1.54, 1.807) is 12.1 Å². The van der Waals surface area contributed by atoms with Crippen LogP contribution in [0.3, 0.4) is 0 Å². The minimum Gasteiger partial charge on any atom is -0.507 e. The maximum atomic E-state index is 12.1. The summed E-state index contributed by atoms with van der Waals surface area (Å²) in [5, 5.41) is 11.2. The van der Waals surface area contributed by atoms with Crippen LogP contribution < -0.4 is 0 Å². The summed E-state index contributed by atoms with van der Waals surface area (Å²) in [5.74, 6) is -0.141. The molecule has 3 heteroatoms. The average Bonchev–Trinajstić information content (AvgIpc) is 2.47. The molecule has 2 aromatic carbocycles. The van der Waals surface area contributed by atoms with Gasteiger partial charge in [0.25, 0.3) is 0 Å². The summed E-state index contributed by atoms with van der Waals surface area (Å²) < 4.78 is 5.30. The van der Waals surface area contributed by atoms with Crippen molar-refractivity contribution in [3.63, 3.8) is 0 Å². The van der Waals surface area contributed by atoms with Crippen LogP contribution in [0, 0.1) is 0 Å². The number of esters is 1. The van der Waals surface area contributed by atoms with Crippen LogP contribution in [0.4, 0.5) is 0 Å². The number of ether oxygens (including phenoxy) is 1. The second-order valence-electron chi connectivity index (χ2n) is 4.87. The van der Waals surface area contributed by atoms with E-state index in [9.17, 15) is 9.90 Å². The van der Waals surface area contributed by atoms with E-state index in [0.29, 0.717) is 17.6 Å². The van der Waals surface area contributed by atoms with E-state index in [1.807, 2.05) is 18.2 Å². The fourth-order valence-electron chi connectivity index (χ4n) is 2.23. The van der Waals surface area contributed by atoms with Gasteiger partial charge in [0.05, 0.1) is 12.2 Å². The molecule has 20 heavy (non-hydrogen) atoms. The molecule has 0 aromatic heterocycles. The lowest BCUT2D eigenvalue weighted by molar-refractivity contribution is 0.0500. The molecule has 0 saturated heterocycles. The molecule has 2 aromatic rings. The van der Waals surface area contributed by atoms with Crippen LogP contribution in [0.25, 0.3) is 10.8 Å². The zero-order chi connectivity index (χ0) is 14.4. The number of phenolic OH excluding ortho intramolecular Hbond substituents is 1. The monoisotopic (exact) mass is 272 g/mol. The largest absolute Gasteiger partial charge is 0.507 e. The van der Waals surface area contributed by atoms with E-state index in [2.05, 4.69) is 6.92 Å². The Kier molecular flexibility index (Phi) is 4.99. The van der Waals surface area contributed by atoms with Gasteiger partial charge in [-0.2, -0.15) is 0 Å². The second kappa shape index (κ2) is 6.94. The van der Waals surface area contributed by atoms with Gasteiger partial charge >= 0.3 is 5.97 Å². The van der Waals surface area contributed by atoms with Crippen LogP contribution in [0.15, 0.2) is 36.4 Å². The summed E-state index contributed by atoms with van der Waals surface area (Å²) >= 11 is 0.